The minimum Gasteiger partial charge on any atom is -0.382 e. The fourth-order valence-corrected chi connectivity index (χ4v) is 3.06. The first kappa shape index (κ1) is 20.2. The highest BCUT2D eigenvalue weighted by molar-refractivity contribution is 5.80. The molecule has 0 aromatic heterocycles. The van der Waals surface area contributed by atoms with Gasteiger partial charge in [-0.25, -0.2) is 0 Å². The average Bonchev–Trinajstić information content (AvgIpc) is 2.96. The van der Waals surface area contributed by atoms with Gasteiger partial charge in [-0.2, -0.15) is 0 Å². The van der Waals surface area contributed by atoms with Crippen molar-refractivity contribution in [2.45, 2.75) is 46.5 Å². The maximum absolute atomic E-state index is 5.48. The average molecular weight is 328 g/mol. The Morgan fingerprint density at radius 3 is 2.78 bits per heavy atom. The zero-order valence-corrected chi connectivity index (χ0v) is 15.6. The van der Waals surface area contributed by atoms with Crippen LogP contribution in [0.25, 0.3) is 0 Å². The highest BCUT2D eigenvalue weighted by Crippen LogP contribution is 2.23. The molecule has 0 amide bonds. The Labute approximate surface area is 142 Å². The Kier molecular flexibility index (Phi) is 11.1. The highest BCUT2D eigenvalue weighted by Gasteiger charge is 2.25. The fourth-order valence-electron chi connectivity index (χ4n) is 3.06. The van der Waals surface area contributed by atoms with Crippen LogP contribution in [0.15, 0.2) is 4.99 Å². The number of hydrogen-bond donors (Lipinski definition) is 1. The zero-order valence-electron chi connectivity index (χ0n) is 15.6. The van der Waals surface area contributed by atoms with Gasteiger partial charge in [0.25, 0.3) is 0 Å². The van der Waals surface area contributed by atoms with Crippen molar-refractivity contribution in [3.05, 3.63) is 0 Å². The van der Waals surface area contributed by atoms with Gasteiger partial charge < -0.3 is 19.7 Å². The third-order valence-electron chi connectivity index (χ3n) is 4.12. The van der Waals surface area contributed by atoms with Crippen LogP contribution in [-0.4, -0.2) is 64.0 Å². The first-order valence-electron chi connectivity index (χ1n) is 9.27. The lowest BCUT2D eigenvalue weighted by molar-refractivity contribution is 0.0690. The van der Waals surface area contributed by atoms with E-state index < -0.39 is 0 Å². The van der Waals surface area contributed by atoms with E-state index in [1.807, 2.05) is 0 Å². The van der Waals surface area contributed by atoms with Crippen molar-refractivity contribution in [2.75, 3.05) is 53.1 Å². The van der Waals surface area contributed by atoms with Crippen molar-refractivity contribution in [3.8, 4) is 0 Å². The minimum absolute atomic E-state index is 0.676. The number of likely N-dealkylation sites (tertiary alicyclic amines) is 1. The molecule has 1 rings (SSSR count). The summed E-state index contributed by atoms with van der Waals surface area (Å²) >= 11 is 0. The van der Waals surface area contributed by atoms with Crippen molar-refractivity contribution in [1.29, 1.82) is 0 Å². The number of aliphatic imine (C=N–C) groups is 1. The van der Waals surface area contributed by atoms with Crippen molar-refractivity contribution >= 4 is 5.96 Å². The molecule has 0 aromatic carbocycles. The molecule has 136 valence electrons. The summed E-state index contributed by atoms with van der Waals surface area (Å²) in [4.78, 5) is 7.23. The van der Waals surface area contributed by atoms with Gasteiger partial charge >= 0.3 is 0 Å². The van der Waals surface area contributed by atoms with Crippen LogP contribution in [0.3, 0.4) is 0 Å². The second kappa shape index (κ2) is 12.6. The molecule has 0 bridgehead atoms. The van der Waals surface area contributed by atoms with Crippen molar-refractivity contribution < 1.29 is 9.47 Å². The van der Waals surface area contributed by atoms with Crippen molar-refractivity contribution in [1.82, 2.24) is 10.2 Å². The number of hydrogen-bond acceptors (Lipinski definition) is 3. The monoisotopic (exact) mass is 327 g/mol. The molecule has 0 aromatic rings. The lowest BCUT2D eigenvalue weighted by Gasteiger charge is -2.22. The zero-order chi connectivity index (χ0) is 16.9. The topological polar surface area (TPSA) is 46.1 Å². The lowest BCUT2D eigenvalue weighted by Crippen LogP contribution is -2.40. The van der Waals surface area contributed by atoms with Gasteiger partial charge in [-0.3, -0.25) is 4.99 Å². The van der Waals surface area contributed by atoms with Crippen molar-refractivity contribution in [3.63, 3.8) is 0 Å². The Morgan fingerprint density at radius 2 is 2.09 bits per heavy atom. The molecule has 1 saturated heterocycles. The van der Waals surface area contributed by atoms with Crippen LogP contribution in [0.4, 0.5) is 0 Å². The molecule has 1 aliphatic rings. The Morgan fingerprint density at radius 1 is 1.26 bits per heavy atom. The number of methoxy groups -OCH3 is 1. The maximum Gasteiger partial charge on any atom is 0.193 e. The number of unbranched alkanes of at least 4 members (excludes halogenated alkanes) is 1. The molecule has 0 aliphatic carbocycles. The molecular formula is C18H37N3O2. The normalized spacial score (nSPS) is 18.9. The first-order valence-corrected chi connectivity index (χ1v) is 9.27. The second-order valence-electron chi connectivity index (χ2n) is 6.78. The summed E-state index contributed by atoms with van der Waals surface area (Å²) in [6, 6.07) is 0. The summed E-state index contributed by atoms with van der Waals surface area (Å²) in [5.41, 5.74) is 0. The standard InChI is InChI=1S/C18H37N3O2/c1-5-19-18(20-9-6-7-11-23-13-12-22-4)21-10-8-17(15-21)14-16(2)3/h16-17H,5-15H2,1-4H3,(H,19,20). The van der Waals surface area contributed by atoms with Crippen molar-refractivity contribution in [2.24, 2.45) is 16.8 Å². The molecule has 0 spiro atoms. The molecule has 1 aliphatic heterocycles. The van der Waals surface area contributed by atoms with E-state index in [9.17, 15) is 0 Å². The van der Waals surface area contributed by atoms with E-state index >= 15 is 0 Å². The van der Waals surface area contributed by atoms with Crippen LogP contribution in [0.5, 0.6) is 0 Å². The van der Waals surface area contributed by atoms with E-state index in [2.05, 4.69) is 31.0 Å². The van der Waals surface area contributed by atoms with Gasteiger partial charge in [-0.05, 0) is 44.4 Å². The summed E-state index contributed by atoms with van der Waals surface area (Å²) < 4.78 is 10.4. The molecule has 0 radical (unpaired) electrons. The Bertz CT molecular complexity index is 321. The van der Waals surface area contributed by atoms with Crippen LogP contribution in [-0.2, 0) is 9.47 Å². The van der Waals surface area contributed by atoms with E-state index in [1.165, 1.54) is 12.8 Å². The molecule has 5 nitrogen and oxygen atoms in total. The molecule has 5 heteroatoms. The summed E-state index contributed by atoms with van der Waals surface area (Å²) in [7, 11) is 1.70. The Hall–Kier alpha value is -0.810. The molecule has 0 saturated carbocycles. The highest BCUT2D eigenvalue weighted by atomic mass is 16.5. The molecule has 1 atom stereocenters. The summed E-state index contributed by atoms with van der Waals surface area (Å²) in [6.45, 7) is 13.0. The quantitative estimate of drug-likeness (QED) is 0.360. The van der Waals surface area contributed by atoms with Gasteiger partial charge in [-0.15, -0.1) is 0 Å². The maximum atomic E-state index is 5.48. The van der Waals surface area contributed by atoms with Gasteiger partial charge in [0.2, 0.25) is 0 Å². The molecule has 1 unspecified atom stereocenters. The fraction of sp³-hybridized carbons (Fsp3) is 0.944. The predicted molar refractivity (Wildman–Crippen MR) is 97.0 cm³/mol. The van der Waals surface area contributed by atoms with E-state index in [1.54, 1.807) is 7.11 Å². The third kappa shape index (κ3) is 9.16. The predicted octanol–water partition coefficient (Wildman–Crippen LogP) is 2.76. The van der Waals surface area contributed by atoms with Crippen LogP contribution in [0.1, 0.15) is 46.5 Å². The van der Waals surface area contributed by atoms with Crippen LogP contribution in [0, 0.1) is 11.8 Å². The number of ether oxygens (including phenoxy) is 2. The van der Waals surface area contributed by atoms with E-state index in [0.717, 1.165) is 63.4 Å². The molecule has 23 heavy (non-hydrogen) atoms. The number of guanidine groups is 1. The van der Waals surface area contributed by atoms with Gasteiger partial charge in [-0.1, -0.05) is 13.8 Å². The second-order valence-corrected chi connectivity index (χ2v) is 6.78. The van der Waals surface area contributed by atoms with Crippen LogP contribution >= 0.6 is 0 Å². The Balaban J connectivity index is 2.25. The molecule has 1 heterocycles. The molecule has 1 N–H and O–H groups in total. The number of nitrogens with one attached hydrogen (secondary N) is 1. The van der Waals surface area contributed by atoms with Gasteiger partial charge in [0, 0.05) is 39.9 Å². The van der Waals surface area contributed by atoms with Gasteiger partial charge in [0.1, 0.15) is 0 Å². The van der Waals surface area contributed by atoms with E-state index in [0.29, 0.717) is 13.2 Å². The van der Waals surface area contributed by atoms with Gasteiger partial charge in [0.05, 0.1) is 13.2 Å². The number of nitrogens with zero attached hydrogens (tertiary/aromatic N) is 2. The van der Waals surface area contributed by atoms with E-state index in [-0.39, 0.29) is 0 Å². The summed E-state index contributed by atoms with van der Waals surface area (Å²) in [5, 5.41) is 3.45. The smallest absolute Gasteiger partial charge is 0.193 e. The van der Waals surface area contributed by atoms with Crippen LogP contribution in [0.2, 0.25) is 0 Å². The first-order chi connectivity index (χ1) is 11.2. The number of rotatable bonds is 11. The molecular weight excluding hydrogens is 290 g/mol. The van der Waals surface area contributed by atoms with E-state index in [4.69, 9.17) is 14.5 Å². The molecule has 1 fully saturated rings. The van der Waals surface area contributed by atoms with Crippen LogP contribution < -0.4 is 5.32 Å². The minimum atomic E-state index is 0.676. The van der Waals surface area contributed by atoms with Gasteiger partial charge in [0.15, 0.2) is 5.96 Å². The lowest BCUT2D eigenvalue weighted by atomic mass is 9.97. The largest absolute Gasteiger partial charge is 0.382 e. The SMILES string of the molecule is CCNC(=NCCCCOCCOC)N1CCC(CC(C)C)C1. The summed E-state index contributed by atoms with van der Waals surface area (Å²) in [6.07, 6.45) is 4.76. The third-order valence-corrected chi connectivity index (χ3v) is 4.12. The summed E-state index contributed by atoms with van der Waals surface area (Å²) in [5.74, 6) is 2.71.